The van der Waals surface area contributed by atoms with Gasteiger partial charge in [-0.05, 0) is 38.9 Å². The molecule has 4 nitrogen and oxygen atoms in total. The maximum Gasteiger partial charge on any atom is 0.305 e. The van der Waals surface area contributed by atoms with Crippen molar-refractivity contribution >= 4 is 5.97 Å². The average Bonchev–Trinajstić information content (AvgIpc) is 2.08. The molecule has 14 heavy (non-hydrogen) atoms. The minimum Gasteiger partial charge on any atom is -0.481 e. The number of hydrogen-bond acceptors (Lipinski definition) is 3. The molecule has 1 aliphatic heterocycles. The van der Waals surface area contributed by atoms with Crippen LogP contribution in [0.1, 0.15) is 32.6 Å². The van der Waals surface area contributed by atoms with Crippen molar-refractivity contribution in [1.82, 2.24) is 4.90 Å². The highest BCUT2D eigenvalue weighted by Gasteiger charge is 2.32. The molecule has 0 aromatic rings. The van der Waals surface area contributed by atoms with Gasteiger partial charge in [0.1, 0.15) is 0 Å². The predicted octanol–water partition coefficient (Wildman–Crippen LogP) is 0.664. The van der Waals surface area contributed by atoms with Crippen molar-refractivity contribution in [2.45, 2.75) is 38.1 Å². The minimum atomic E-state index is -0.781. The summed E-state index contributed by atoms with van der Waals surface area (Å²) in [5.41, 5.74) is 5.55. The van der Waals surface area contributed by atoms with Gasteiger partial charge in [-0.2, -0.15) is 0 Å². The van der Waals surface area contributed by atoms with Crippen LogP contribution in [0.3, 0.4) is 0 Å². The fourth-order valence-electron chi connectivity index (χ4n) is 2.02. The molecule has 0 amide bonds. The predicted molar refractivity (Wildman–Crippen MR) is 55.1 cm³/mol. The van der Waals surface area contributed by atoms with Gasteiger partial charge >= 0.3 is 5.97 Å². The maximum absolute atomic E-state index is 10.6. The highest BCUT2D eigenvalue weighted by molar-refractivity contribution is 5.68. The Labute approximate surface area is 85.1 Å². The molecule has 1 rings (SSSR count). The molecule has 0 aliphatic carbocycles. The molecule has 0 bridgehead atoms. The number of nitrogens with two attached hydrogens (primary N) is 1. The van der Waals surface area contributed by atoms with Crippen molar-refractivity contribution in [2.75, 3.05) is 19.6 Å². The van der Waals surface area contributed by atoms with Gasteiger partial charge in [-0.1, -0.05) is 6.92 Å². The number of carbonyl (C=O) groups is 1. The number of carboxylic acid groups (broad SMARTS) is 1. The third kappa shape index (κ3) is 3.27. The van der Waals surface area contributed by atoms with Gasteiger partial charge in [-0.15, -0.1) is 0 Å². The number of carboxylic acids is 1. The van der Waals surface area contributed by atoms with E-state index in [9.17, 15) is 4.79 Å². The summed E-state index contributed by atoms with van der Waals surface area (Å²) < 4.78 is 0. The first-order valence-corrected chi connectivity index (χ1v) is 5.29. The van der Waals surface area contributed by atoms with E-state index in [4.69, 9.17) is 10.8 Å². The largest absolute Gasteiger partial charge is 0.481 e. The van der Waals surface area contributed by atoms with E-state index in [1.54, 1.807) is 0 Å². The first-order chi connectivity index (χ1) is 6.56. The molecular formula is C10H20N2O2. The SMILES string of the molecule is CCCN1CCC(N)(CC(=O)O)CC1. The molecule has 0 atom stereocenters. The van der Waals surface area contributed by atoms with E-state index >= 15 is 0 Å². The zero-order chi connectivity index (χ0) is 10.6. The summed E-state index contributed by atoms with van der Waals surface area (Å²) >= 11 is 0. The molecule has 0 aromatic carbocycles. The molecule has 82 valence electrons. The highest BCUT2D eigenvalue weighted by atomic mass is 16.4. The molecule has 0 aromatic heterocycles. The van der Waals surface area contributed by atoms with Crippen molar-refractivity contribution in [1.29, 1.82) is 0 Å². The minimum absolute atomic E-state index is 0.104. The Morgan fingerprint density at radius 3 is 2.50 bits per heavy atom. The van der Waals surface area contributed by atoms with E-state index in [0.29, 0.717) is 0 Å². The van der Waals surface area contributed by atoms with Gasteiger partial charge in [0.15, 0.2) is 0 Å². The third-order valence-electron chi connectivity index (χ3n) is 2.89. The fourth-order valence-corrected chi connectivity index (χ4v) is 2.02. The number of nitrogens with zero attached hydrogens (tertiary/aromatic N) is 1. The summed E-state index contributed by atoms with van der Waals surface area (Å²) in [7, 11) is 0. The van der Waals surface area contributed by atoms with Crippen LogP contribution in [0.4, 0.5) is 0 Å². The van der Waals surface area contributed by atoms with Gasteiger partial charge in [0.05, 0.1) is 6.42 Å². The highest BCUT2D eigenvalue weighted by Crippen LogP contribution is 2.22. The van der Waals surface area contributed by atoms with E-state index in [1.807, 2.05) is 0 Å². The van der Waals surface area contributed by atoms with E-state index in [1.165, 1.54) is 0 Å². The van der Waals surface area contributed by atoms with Crippen LogP contribution < -0.4 is 5.73 Å². The van der Waals surface area contributed by atoms with Crippen molar-refractivity contribution < 1.29 is 9.90 Å². The number of aliphatic carboxylic acids is 1. The van der Waals surface area contributed by atoms with Crippen LogP contribution in [0, 0.1) is 0 Å². The van der Waals surface area contributed by atoms with Gasteiger partial charge < -0.3 is 15.7 Å². The topological polar surface area (TPSA) is 66.6 Å². The Hall–Kier alpha value is -0.610. The summed E-state index contributed by atoms with van der Waals surface area (Å²) in [6.45, 7) is 5.14. The van der Waals surface area contributed by atoms with Crippen LogP contribution in [0.5, 0.6) is 0 Å². The number of rotatable bonds is 4. The van der Waals surface area contributed by atoms with Crippen LogP contribution in [0.15, 0.2) is 0 Å². The molecule has 0 spiro atoms. The van der Waals surface area contributed by atoms with E-state index in [2.05, 4.69) is 11.8 Å². The number of likely N-dealkylation sites (tertiary alicyclic amines) is 1. The van der Waals surface area contributed by atoms with E-state index in [0.717, 1.165) is 38.9 Å². The van der Waals surface area contributed by atoms with Crippen molar-refractivity contribution in [3.05, 3.63) is 0 Å². The van der Waals surface area contributed by atoms with E-state index < -0.39 is 11.5 Å². The molecule has 0 saturated carbocycles. The second-order valence-corrected chi connectivity index (χ2v) is 4.27. The zero-order valence-corrected chi connectivity index (χ0v) is 8.83. The molecular weight excluding hydrogens is 180 g/mol. The summed E-state index contributed by atoms with van der Waals surface area (Å²) in [6.07, 6.45) is 2.86. The van der Waals surface area contributed by atoms with Gasteiger partial charge in [0.2, 0.25) is 0 Å². The molecule has 4 heteroatoms. The summed E-state index contributed by atoms with van der Waals surface area (Å²) in [6, 6.07) is 0. The lowest BCUT2D eigenvalue weighted by Crippen LogP contribution is -2.51. The normalized spacial score (nSPS) is 22.1. The second-order valence-electron chi connectivity index (χ2n) is 4.27. The Kier molecular flexibility index (Phi) is 3.89. The molecule has 0 unspecified atom stereocenters. The lowest BCUT2D eigenvalue weighted by atomic mass is 9.85. The summed E-state index contributed by atoms with van der Waals surface area (Å²) in [5.74, 6) is -0.781. The van der Waals surface area contributed by atoms with Crippen molar-refractivity contribution in [3.8, 4) is 0 Å². The Bertz CT molecular complexity index is 198. The van der Waals surface area contributed by atoms with Gasteiger partial charge in [0, 0.05) is 5.54 Å². The first kappa shape index (κ1) is 11.5. The van der Waals surface area contributed by atoms with Crippen LogP contribution >= 0.6 is 0 Å². The molecule has 1 saturated heterocycles. The lowest BCUT2D eigenvalue weighted by molar-refractivity contribution is -0.138. The summed E-state index contributed by atoms with van der Waals surface area (Å²) in [4.78, 5) is 12.9. The molecule has 1 fully saturated rings. The molecule has 1 aliphatic rings. The Morgan fingerprint density at radius 1 is 1.50 bits per heavy atom. The molecule has 1 heterocycles. The first-order valence-electron chi connectivity index (χ1n) is 5.29. The quantitative estimate of drug-likeness (QED) is 0.699. The van der Waals surface area contributed by atoms with Crippen molar-refractivity contribution in [3.63, 3.8) is 0 Å². The lowest BCUT2D eigenvalue weighted by Gasteiger charge is -2.38. The van der Waals surface area contributed by atoms with Crippen molar-refractivity contribution in [2.24, 2.45) is 5.73 Å². The maximum atomic E-state index is 10.6. The van der Waals surface area contributed by atoms with Gasteiger partial charge in [-0.25, -0.2) is 0 Å². The smallest absolute Gasteiger partial charge is 0.305 e. The Balaban J connectivity index is 2.36. The second kappa shape index (κ2) is 4.75. The van der Waals surface area contributed by atoms with Gasteiger partial charge in [0.25, 0.3) is 0 Å². The fraction of sp³-hybridized carbons (Fsp3) is 0.900. The van der Waals surface area contributed by atoms with Crippen LogP contribution in [-0.2, 0) is 4.79 Å². The Morgan fingerprint density at radius 2 is 2.07 bits per heavy atom. The monoisotopic (exact) mass is 200 g/mol. The number of piperidine rings is 1. The van der Waals surface area contributed by atoms with E-state index in [-0.39, 0.29) is 6.42 Å². The number of hydrogen-bond donors (Lipinski definition) is 2. The standard InChI is InChI=1S/C10H20N2O2/c1-2-5-12-6-3-10(11,4-7-12)8-9(13)14/h2-8,11H2,1H3,(H,13,14). The molecule has 3 N–H and O–H groups in total. The third-order valence-corrected chi connectivity index (χ3v) is 2.89. The van der Waals surface area contributed by atoms with Gasteiger partial charge in [-0.3, -0.25) is 4.79 Å². The average molecular weight is 200 g/mol. The zero-order valence-electron chi connectivity index (χ0n) is 8.83. The summed E-state index contributed by atoms with van der Waals surface area (Å²) in [5, 5.41) is 8.71. The van der Waals surface area contributed by atoms with Crippen LogP contribution in [0.2, 0.25) is 0 Å². The molecule has 0 radical (unpaired) electrons. The van der Waals surface area contributed by atoms with Crippen LogP contribution in [-0.4, -0.2) is 41.1 Å². The van der Waals surface area contributed by atoms with Crippen LogP contribution in [0.25, 0.3) is 0 Å².